The van der Waals surface area contributed by atoms with E-state index in [0.717, 1.165) is 16.9 Å². The lowest BCUT2D eigenvalue weighted by atomic mass is 10.1. The molecule has 0 saturated carbocycles. The number of nitrogens with one attached hydrogen (secondary N) is 1. The molecule has 0 bridgehead atoms. The fourth-order valence-electron chi connectivity index (χ4n) is 2.62. The number of amides is 1. The minimum Gasteiger partial charge on any atom is -0.494 e. The number of ether oxygens (including phenoxy) is 2. The van der Waals surface area contributed by atoms with E-state index in [9.17, 15) is 4.79 Å². The predicted octanol–water partition coefficient (Wildman–Crippen LogP) is 4.09. The van der Waals surface area contributed by atoms with Crippen molar-refractivity contribution in [3.63, 3.8) is 0 Å². The highest BCUT2D eigenvalue weighted by molar-refractivity contribution is 6.05. The van der Waals surface area contributed by atoms with E-state index in [1.165, 1.54) is 0 Å². The molecule has 0 atom stereocenters. The number of hydrogen-bond donors (Lipinski definition) is 1. The summed E-state index contributed by atoms with van der Waals surface area (Å²) in [6.45, 7) is 6.95. The van der Waals surface area contributed by atoms with Gasteiger partial charge in [-0.3, -0.25) is 4.79 Å². The van der Waals surface area contributed by atoms with Gasteiger partial charge in [-0.25, -0.2) is 4.63 Å². The topological polar surface area (TPSA) is 86.5 Å². The number of carbonyl (C=O) groups excluding carboxylic acids is 1. The third kappa shape index (κ3) is 4.25. The lowest BCUT2D eigenvalue weighted by molar-refractivity contribution is 0.102. The average Bonchev–Trinajstić information content (AvgIpc) is 3.12. The van der Waals surface area contributed by atoms with E-state index in [2.05, 4.69) is 15.6 Å². The number of carbonyl (C=O) groups is 1. The van der Waals surface area contributed by atoms with Crippen molar-refractivity contribution in [2.45, 2.75) is 20.8 Å². The summed E-state index contributed by atoms with van der Waals surface area (Å²) in [6, 6.07) is 12.5. The Hall–Kier alpha value is -3.35. The fourth-order valence-corrected chi connectivity index (χ4v) is 2.62. The van der Waals surface area contributed by atoms with Gasteiger partial charge in [0.2, 0.25) is 5.82 Å². The van der Waals surface area contributed by atoms with Gasteiger partial charge in [0.25, 0.3) is 5.91 Å². The molecular weight excluding hydrogens is 346 g/mol. The van der Waals surface area contributed by atoms with E-state index < -0.39 is 0 Å². The maximum absolute atomic E-state index is 12.5. The molecule has 0 fully saturated rings. The van der Waals surface area contributed by atoms with Crippen LogP contribution in [-0.2, 0) is 0 Å². The molecule has 3 rings (SSSR count). The second-order valence-electron chi connectivity index (χ2n) is 5.79. The summed E-state index contributed by atoms with van der Waals surface area (Å²) in [4.78, 5) is 12.5. The van der Waals surface area contributed by atoms with Gasteiger partial charge in [0.15, 0.2) is 5.69 Å². The smallest absolute Gasteiger partial charge is 0.256 e. The maximum Gasteiger partial charge on any atom is 0.256 e. The molecule has 1 amide bonds. The molecule has 1 aromatic heterocycles. The Labute approximate surface area is 157 Å². The van der Waals surface area contributed by atoms with E-state index >= 15 is 0 Å². The van der Waals surface area contributed by atoms with Crippen molar-refractivity contribution in [2.75, 3.05) is 18.5 Å². The zero-order valence-electron chi connectivity index (χ0n) is 15.5. The second-order valence-corrected chi connectivity index (χ2v) is 5.79. The van der Waals surface area contributed by atoms with Gasteiger partial charge in [0.1, 0.15) is 11.5 Å². The van der Waals surface area contributed by atoms with Crippen LogP contribution in [0.4, 0.5) is 5.82 Å². The largest absolute Gasteiger partial charge is 0.494 e. The highest BCUT2D eigenvalue weighted by Gasteiger charge is 2.17. The van der Waals surface area contributed by atoms with Gasteiger partial charge >= 0.3 is 0 Å². The van der Waals surface area contributed by atoms with E-state index in [4.69, 9.17) is 14.1 Å². The molecule has 0 radical (unpaired) electrons. The lowest BCUT2D eigenvalue weighted by Crippen LogP contribution is -2.12. The summed E-state index contributed by atoms with van der Waals surface area (Å²) in [5.41, 5.74) is 2.68. The highest BCUT2D eigenvalue weighted by atomic mass is 16.6. The van der Waals surface area contributed by atoms with Gasteiger partial charge in [-0.2, -0.15) is 0 Å². The van der Waals surface area contributed by atoms with Crippen LogP contribution in [-0.4, -0.2) is 29.4 Å². The summed E-state index contributed by atoms with van der Waals surface area (Å²) >= 11 is 0. The van der Waals surface area contributed by atoms with E-state index in [1.54, 1.807) is 24.3 Å². The van der Waals surface area contributed by atoms with E-state index in [1.807, 2.05) is 39.0 Å². The number of anilines is 1. The Balaban J connectivity index is 1.78. The molecule has 0 aliphatic carbocycles. The van der Waals surface area contributed by atoms with E-state index in [0.29, 0.717) is 30.2 Å². The van der Waals surface area contributed by atoms with Gasteiger partial charge in [0, 0.05) is 11.1 Å². The molecule has 7 nitrogen and oxygen atoms in total. The molecular formula is C20H21N3O4. The third-order valence-electron chi connectivity index (χ3n) is 3.90. The van der Waals surface area contributed by atoms with Crippen molar-refractivity contribution in [1.29, 1.82) is 0 Å². The summed E-state index contributed by atoms with van der Waals surface area (Å²) in [5.74, 6) is 1.47. The summed E-state index contributed by atoms with van der Waals surface area (Å²) in [5, 5.41) is 10.5. The molecule has 0 spiro atoms. The molecule has 1 heterocycles. The Bertz CT molecular complexity index is 919. The first-order valence-electron chi connectivity index (χ1n) is 8.73. The lowest BCUT2D eigenvalue weighted by Gasteiger charge is -2.09. The Morgan fingerprint density at radius 1 is 1.04 bits per heavy atom. The number of rotatable bonds is 7. The molecule has 0 saturated heterocycles. The Morgan fingerprint density at radius 2 is 1.78 bits per heavy atom. The van der Waals surface area contributed by atoms with Crippen molar-refractivity contribution in [1.82, 2.24) is 10.3 Å². The van der Waals surface area contributed by atoms with Crippen LogP contribution in [0, 0.1) is 6.92 Å². The summed E-state index contributed by atoms with van der Waals surface area (Å²) in [6.07, 6.45) is 0. The van der Waals surface area contributed by atoms with Crippen molar-refractivity contribution >= 4 is 11.7 Å². The summed E-state index contributed by atoms with van der Waals surface area (Å²) in [7, 11) is 0. The summed E-state index contributed by atoms with van der Waals surface area (Å²) < 4.78 is 15.8. The zero-order valence-corrected chi connectivity index (χ0v) is 15.5. The number of hydrogen-bond acceptors (Lipinski definition) is 6. The van der Waals surface area contributed by atoms with Crippen LogP contribution in [0.15, 0.2) is 47.1 Å². The molecule has 0 unspecified atom stereocenters. The SMILES string of the molecule is CCOc1ccc(C(=O)Nc2nonc2-c2ccc(OCC)c(C)c2)cc1. The van der Waals surface area contributed by atoms with Crippen molar-refractivity contribution < 1.29 is 18.9 Å². The van der Waals surface area contributed by atoms with Gasteiger partial charge in [-0.05, 0) is 79.1 Å². The van der Waals surface area contributed by atoms with Crippen LogP contribution >= 0.6 is 0 Å². The molecule has 7 heteroatoms. The van der Waals surface area contributed by atoms with Crippen molar-refractivity contribution in [3.8, 4) is 22.8 Å². The van der Waals surface area contributed by atoms with Gasteiger partial charge in [0.05, 0.1) is 13.2 Å². The van der Waals surface area contributed by atoms with Crippen LogP contribution in [0.5, 0.6) is 11.5 Å². The predicted molar refractivity (Wildman–Crippen MR) is 101 cm³/mol. The quantitative estimate of drug-likeness (QED) is 0.677. The molecule has 140 valence electrons. The minimum absolute atomic E-state index is 0.262. The standard InChI is InChI=1S/C20H21N3O4/c1-4-25-16-9-6-14(7-10-16)20(24)21-19-18(22-27-23-19)15-8-11-17(26-5-2)13(3)12-15/h6-12H,4-5H2,1-3H3,(H,21,23,24). The molecule has 1 N–H and O–H groups in total. The molecule has 27 heavy (non-hydrogen) atoms. The van der Waals surface area contributed by atoms with Crippen molar-refractivity contribution in [3.05, 3.63) is 53.6 Å². The number of aryl methyl sites for hydroxylation is 1. The normalized spacial score (nSPS) is 10.5. The first-order valence-corrected chi connectivity index (χ1v) is 8.73. The molecule has 0 aliphatic rings. The second kappa shape index (κ2) is 8.35. The van der Waals surface area contributed by atoms with E-state index in [-0.39, 0.29) is 11.7 Å². The fraction of sp³-hybridized carbons (Fsp3) is 0.250. The van der Waals surface area contributed by atoms with Crippen LogP contribution in [0.2, 0.25) is 0 Å². The number of nitrogens with zero attached hydrogens (tertiary/aromatic N) is 2. The first kappa shape index (κ1) is 18.4. The van der Waals surface area contributed by atoms with Crippen LogP contribution < -0.4 is 14.8 Å². The average molecular weight is 367 g/mol. The third-order valence-corrected chi connectivity index (χ3v) is 3.90. The zero-order chi connectivity index (χ0) is 19.2. The molecule has 0 aliphatic heterocycles. The molecule has 3 aromatic rings. The Kier molecular flexibility index (Phi) is 5.71. The maximum atomic E-state index is 12.5. The van der Waals surface area contributed by atoms with Crippen LogP contribution in [0.25, 0.3) is 11.3 Å². The van der Waals surface area contributed by atoms with Gasteiger partial charge in [-0.1, -0.05) is 0 Å². The van der Waals surface area contributed by atoms with Crippen molar-refractivity contribution in [2.24, 2.45) is 0 Å². The Morgan fingerprint density at radius 3 is 2.44 bits per heavy atom. The highest BCUT2D eigenvalue weighted by Crippen LogP contribution is 2.29. The minimum atomic E-state index is -0.308. The number of aromatic nitrogens is 2. The monoisotopic (exact) mass is 367 g/mol. The van der Waals surface area contributed by atoms with Crippen LogP contribution in [0.1, 0.15) is 29.8 Å². The van der Waals surface area contributed by atoms with Gasteiger partial charge < -0.3 is 14.8 Å². The molecule has 2 aromatic carbocycles. The van der Waals surface area contributed by atoms with Gasteiger partial charge in [-0.15, -0.1) is 0 Å². The number of benzene rings is 2. The first-order chi connectivity index (χ1) is 13.1. The van der Waals surface area contributed by atoms with Crippen LogP contribution in [0.3, 0.4) is 0 Å².